The number of aromatic carboxylic acids is 1. The van der Waals surface area contributed by atoms with Crippen LogP contribution in [0, 0.1) is 17.0 Å². The van der Waals surface area contributed by atoms with Crippen molar-refractivity contribution in [3.05, 3.63) is 44.7 Å². The SMILES string of the molecule is Cc1nc([N+](=O)[O-])c(Sc2ccc(Cl)c(C(=O)O)c2)n1C. The molecule has 0 unspecified atom stereocenters. The molecule has 0 bridgehead atoms. The van der Waals surface area contributed by atoms with Gasteiger partial charge in [-0.1, -0.05) is 23.4 Å². The summed E-state index contributed by atoms with van der Waals surface area (Å²) in [4.78, 5) is 25.9. The van der Waals surface area contributed by atoms with Crippen molar-refractivity contribution in [3.63, 3.8) is 0 Å². The Labute approximate surface area is 128 Å². The fourth-order valence-electron chi connectivity index (χ4n) is 1.65. The number of halogens is 1. The van der Waals surface area contributed by atoms with Gasteiger partial charge in [0.2, 0.25) is 5.82 Å². The van der Waals surface area contributed by atoms with Crippen molar-refractivity contribution in [1.29, 1.82) is 0 Å². The summed E-state index contributed by atoms with van der Waals surface area (Å²) in [5.74, 6) is -0.915. The number of aryl methyl sites for hydroxylation is 1. The number of nitrogens with zero attached hydrogens (tertiary/aromatic N) is 3. The number of hydrogen-bond donors (Lipinski definition) is 1. The molecular formula is C12H10ClN3O4S. The molecule has 0 saturated heterocycles. The fourth-order valence-corrected chi connectivity index (χ4v) is 2.86. The quantitative estimate of drug-likeness (QED) is 0.684. The van der Waals surface area contributed by atoms with Crippen LogP contribution in [-0.4, -0.2) is 25.6 Å². The van der Waals surface area contributed by atoms with Gasteiger partial charge in [-0.2, -0.15) is 0 Å². The summed E-state index contributed by atoms with van der Waals surface area (Å²) in [6, 6.07) is 4.43. The lowest BCUT2D eigenvalue weighted by Gasteiger charge is -2.05. The molecule has 0 atom stereocenters. The van der Waals surface area contributed by atoms with E-state index in [4.69, 9.17) is 16.7 Å². The normalized spacial score (nSPS) is 10.6. The summed E-state index contributed by atoms with van der Waals surface area (Å²) in [5.41, 5.74) is -0.0526. The molecule has 0 radical (unpaired) electrons. The number of imidazole rings is 1. The highest BCUT2D eigenvalue weighted by atomic mass is 35.5. The molecule has 0 aliphatic rings. The average Bonchev–Trinajstić information content (AvgIpc) is 2.69. The summed E-state index contributed by atoms with van der Waals surface area (Å²) < 4.78 is 1.58. The van der Waals surface area contributed by atoms with Crippen molar-refractivity contribution in [1.82, 2.24) is 9.55 Å². The molecule has 1 N–H and O–H groups in total. The largest absolute Gasteiger partial charge is 0.478 e. The van der Waals surface area contributed by atoms with E-state index in [1.807, 2.05) is 0 Å². The van der Waals surface area contributed by atoms with E-state index in [0.717, 1.165) is 11.8 Å². The van der Waals surface area contributed by atoms with Gasteiger partial charge in [0.15, 0.2) is 5.03 Å². The Morgan fingerprint density at radius 1 is 1.52 bits per heavy atom. The van der Waals surface area contributed by atoms with Gasteiger partial charge in [0.05, 0.1) is 10.6 Å². The van der Waals surface area contributed by atoms with Crippen LogP contribution in [0.5, 0.6) is 0 Å². The Balaban J connectivity index is 2.46. The van der Waals surface area contributed by atoms with Gasteiger partial charge >= 0.3 is 11.8 Å². The smallest absolute Gasteiger partial charge is 0.396 e. The van der Waals surface area contributed by atoms with E-state index in [0.29, 0.717) is 15.7 Å². The van der Waals surface area contributed by atoms with Crippen LogP contribution >= 0.6 is 23.4 Å². The Bertz CT molecular complexity index is 744. The molecule has 2 rings (SSSR count). The highest BCUT2D eigenvalue weighted by Gasteiger charge is 2.24. The number of carboxylic acids is 1. The minimum Gasteiger partial charge on any atom is -0.478 e. The van der Waals surface area contributed by atoms with Crippen molar-refractivity contribution in [2.75, 3.05) is 0 Å². The summed E-state index contributed by atoms with van der Waals surface area (Å²) >= 11 is 6.86. The monoisotopic (exact) mass is 327 g/mol. The zero-order chi connectivity index (χ0) is 15.7. The molecule has 1 heterocycles. The first-order valence-corrected chi connectivity index (χ1v) is 6.89. The van der Waals surface area contributed by atoms with Crippen molar-refractivity contribution in [2.45, 2.75) is 16.8 Å². The van der Waals surface area contributed by atoms with Gasteiger partial charge < -0.3 is 15.2 Å². The van der Waals surface area contributed by atoms with Gasteiger partial charge in [0.25, 0.3) is 0 Å². The molecule has 0 aliphatic carbocycles. The molecule has 0 amide bonds. The molecule has 0 fully saturated rings. The van der Waals surface area contributed by atoms with Gasteiger partial charge in [-0.25, -0.2) is 4.79 Å². The van der Waals surface area contributed by atoms with Crippen molar-refractivity contribution < 1.29 is 14.8 Å². The molecule has 1 aromatic heterocycles. The minimum absolute atomic E-state index is 0.0526. The number of nitro groups is 1. The molecule has 110 valence electrons. The summed E-state index contributed by atoms with van der Waals surface area (Å²) in [6.45, 7) is 1.65. The topological polar surface area (TPSA) is 98.3 Å². The molecule has 0 aliphatic heterocycles. The highest BCUT2D eigenvalue weighted by molar-refractivity contribution is 7.99. The fraction of sp³-hybridized carbons (Fsp3) is 0.167. The maximum absolute atomic E-state index is 11.1. The third kappa shape index (κ3) is 3.01. The molecule has 0 saturated carbocycles. The molecule has 9 heteroatoms. The Kier molecular flexibility index (Phi) is 4.19. The molecular weight excluding hydrogens is 318 g/mol. The lowest BCUT2D eigenvalue weighted by Crippen LogP contribution is -1.98. The third-order valence-corrected chi connectivity index (χ3v) is 4.27. The first kappa shape index (κ1) is 15.3. The lowest BCUT2D eigenvalue weighted by molar-refractivity contribution is -0.392. The van der Waals surface area contributed by atoms with Crippen LogP contribution in [-0.2, 0) is 7.05 Å². The van der Waals surface area contributed by atoms with Crippen molar-refractivity contribution in [2.24, 2.45) is 7.05 Å². The van der Waals surface area contributed by atoms with Crippen LogP contribution in [0.3, 0.4) is 0 Å². The number of benzene rings is 1. The zero-order valence-corrected chi connectivity index (χ0v) is 12.6. The minimum atomic E-state index is -1.15. The Morgan fingerprint density at radius 2 is 2.19 bits per heavy atom. The maximum atomic E-state index is 11.1. The van der Waals surface area contributed by atoms with Crippen LogP contribution in [0.25, 0.3) is 0 Å². The average molecular weight is 328 g/mol. The van der Waals surface area contributed by atoms with E-state index in [1.165, 1.54) is 12.1 Å². The summed E-state index contributed by atoms with van der Waals surface area (Å²) in [7, 11) is 1.66. The van der Waals surface area contributed by atoms with Crippen LogP contribution in [0.1, 0.15) is 16.2 Å². The third-order valence-electron chi connectivity index (χ3n) is 2.80. The lowest BCUT2D eigenvalue weighted by atomic mass is 10.2. The van der Waals surface area contributed by atoms with Crippen LogP contribution < -0.4 is 0 Å². The van der Waals surface area contributed by atoms with Crippen LogP contribution in [0.2, 0.25) is 5.02 Å². The van der Waals surface area contributed by atoms with E-state index in [1.54, 1.807) is 24.6 Å². The second kappa shape index (κ2) is 5.74. The summed E-state index contributed by atoms with van der Waals surface area (Å²) in [6.07, 6.45) is 0. The van der Waals surface area contributed by atoms with Crippen LogP contribution in [0.4, 0.5) is 5.82 Å². The number of rotatable bonds is 4. The second-order valence-electron chi connectivity index (χ2n) is 4.15. The maximum Gasteiger partial charge on any atom is 0.396 e. The Morgan fingerprint density at radius 3 is 2.76 bits per heavy atom. The van der Waals surface area contributed by atoms with Crippen molar-refractivity contribution in [3.8, 4) is 0 Å². The van der Waals surface area contributed by atoms with Gasteiger partial charge in [0.1, 0.15) is 0 Å². The van der Waals surface area contributed by atoms with E-state index in [9.17, 15) is 14.9 Å². The molecule has 0 spiro atoms. The van der Waals surface area contributed by atoms with E-state index >= 15 is 0 Å². The predicted molar refractivity (Wildman–Crippen MR) is 77.1 cm³/mol. The van der Waals surface area contributed by atoms with E-state index < -0.39 is 10.9 Å². The number of carbonyl (C=O) groups is 1. The zero-order valence-electron chi connectivity index (χ0n) is 11.0. The van der Waals surface area contributed by atoms with E-state index in [2.05, 4.69) is 4.98 Å². The van der Waals surface area contributed by atoms with Gasteiger partial charge in [-0.3, -0.25) is 4.57 Å². The van der Waals surface area contributed by atoms with Crippen molar-refractivity contribution >= 4 is 35.1 Å². The van der Waals surface area contributed by atoms with Gasteiger partial charge in [-0.15, -0.1) is 0 Å². The summed E-state index contributed by atoms with van der Waals surface area (Å²) in [5, 5.41) is 20.5. The number of aromatic nitrogens is 2. The van der Waals surface area contributed by atoms with Gasteiger partial charge in [0, 0.05) is 18.9 Å². The Hall–Kier alpha value is -2.06. The predicted octanol–water partition coefficient (Wildman–Crippen LogP) is 3.14. The second-order valence-corrected chi connectivity index (χ2v) is 5.62. The number of hydrogen-bond acceptors (Lipinski definition) is 5. The van der Waals surface area contributed by atoms with Crippen LogP contribution in [0.15, 0.2) is 28.1 Å². The first-order chi connectivity index (χ1) is 9.81. The molecule has 7 nitrogen and oxygen atoms in total. The highest BCUT2D eigenvalue weighted by Crippen LogP contribution is 2.36. The molecule has 1 aromatic carbocycles. The van der Waals surface area contributed by atoms with E-state index in [-0.39, 0.29) is 16.4 Å². The standard InChI is InChI=1S/C12H10ClN3O4S/c1-6-14-10(16(19)20)11(15(6)2)21-7-3-4-9(13)8(5-7)12(17)18/h3-5H,1-2H3,(H,17,18). The molecule has 21 heavy (non-hydrogen) atoms. The number of carboxylic acid groups (broad SMARTS) is 1. The molecule has 2 aromatic rings. The first-order valence-electron chi connectivity index (χ1n) is 5.69. The van der Waals surface area contributed by atoms with Gasteiger partial charge in [-0.05, 0) is 28.1 Å².